The molecule has 35 heavy (non-hydrogen) atoms. The second-order valence-electron chi connectivity index (χ2n) is 9.99. The lowest BCUT2D eigenvalue weighted by atomic mass is 9.84. The van der Waals surface area contributed by atoms with Crippen molar-refractivity contribution in [3.63, 3.8) is 0 Å². The van der Waals surface area contributed by atoms with Gasteiger partial charge in [0.15, 0.2) is 0 Å². The van der Waals surface area contributed by atoms with Crippen LogP contribution < -0.4 is 4.74 Å². The molecule has 0 radical (unpaired) electrons. The standard InChI is InChI=1S/C29H36N4O2/c1-31(22-24-9-12-28-26(20-24)6-3-13-30-28)21-23-7-10-27(11-8-23)35-19-18-32-14-16-33(17-15-32)29(34)25-4-2-5-25/h3,6-13,20,25H,2,4-5,14-19,21-22H2,1H3. The third-order valence-electron chi connectivity index (χ3n) is 7.31. The zero-order chi connectivity index (χ0) is 24.0. The van der Waals surface area contributed by atoms with E-state index < -0.39 is 0 Å². The van der Waals surface area contributed by atoms with Crippen LogP contribution in [0.25, 0.3) is 10.9 Å². The van der Waals surface area contributed by atoms with Gasteiger partial charge in [0.25, 0.3) is 0 Å². The van der Waals surface area contributed by atoms with Crippen LogP contribution in [0.2, 0.25) is 0 Å². The first-order valence-electron chi connectivity index (χ1n) is 12.9. The Balaban J connectivity index is 1.02. The highest BCUT2D eigenvalue weighted by molar-refractivity contribution is 5.80. The number of fused-ring (bicyclic) bond motifs is 1. The molecule has 2 fully saturated rings. The maximum Gasteiger partial charge on any atom is 0.225 e. The van der Waals surface area contributed by atoms with Gasteiger partial charge in [0.2, 0.25) is 5.91 Å². The Morgan fingerprint density at radius 1 is 1.00 bits per heavy atom. The number of ether oxygens (including phenoxy) is 1. The molecule has 0 N–H and O–H groups in total. The van der Waals surface area contributed by atoms with Crippen LogP contribution >= 0.6 is 0 Å². The highest BCUT2D eigenvalue weighted by Gasteiger charge is 2.31. The Kier molecular flexibility index (Phi) is 7.60. The van der Waals surface area contributed by atoms with Crippen molar-refractivity contribution in [3.8, 4) is 5.75 Å². The summed E-state index contributed by atoms with van der Waals surface area (Å²) in [5.41, 5.74) is 3.60. The van der Waals surface area contributed by atoms with E-state index in [0.717, 1.165) is 69.9 Å². The van der Waals surface area contributed by atoms with Crippen LogP contribution in [0.5, 0.6) is 5.75 Å². The van der Waals surface area contributed by atoms with Crippen molar-refractivity contribution in [2.75, 3.05) is 46.4 Å². The normalized spacial score (nSPS) is 17.0. The lowest BCUT2D eigenvalue weighted by Crippen LogP contribution is -2.51. The summed E-state index contributed by atoms with van der Waals surface area (Å²) in [6.07, 6.45) is 5.23. The van der Waals surface area contributed by atoms with Gasteiger partial charge in [-0.05, 0) is 61.3 Å². The van der Waals surface area contributed by atoms with Gasteiger partial charge in [-0.1, -0.05) is 30.7 Å². The molecule has 1 aliphatic heterocycles. The Morgan fingerprint density at radius 2 is 1.74 bits per heavy atom. The van der Waals surface area contributed by atoms with Gasteiger partial charge in [0.1, 0.15) is 12.4 Å². The lowest BCUT2D eigenvalue weighted by molar-refractivity contribution is -0.140. The molecular weight excluding hydrogens is 436 g/mol. The van der Waals surface area contributed by atoms with Crippen molar-refractivity contribution in [1.29, 1.82) is 0 Å². The number of aromatic nitrogens is 1. The molecule has 2 heterocycles. The number of amides is 1. The molecule has 2 aliphatic rings. The molecular formula is C29H36N4O2. The Hall–Kier alpha value is -2.96. The average molecular weight is 473 g/mol. The number of rotatable bonds is 9. The highest BCUT2D eigenvalue weighted by Crippen LogP contribution is 2.28. The van der Waals surface area contributed by atoms with E-state index >= 15 is 0 Å². The largest absolute Gasteiger partial charge is 0.492 e. The fourth-order valence-corrected chi connectivity index (χ4v) is 4.99. The van der Waals surface area contributed by atoms with Gasteiger partial charge in [-0.3, -0.25) is 19.6 Å². The number of benzene rings is 2. The molecule has 3 aromatic rings. The minimum absolute atomic E-state index is 0.309. The van der Waals surface area contributed by atoms with E-state index in [0.29, 0.717) is 18.4 Å². The quantitative estimate of drug-likeness (QED) is 0.467. The van der Waals surface area contributed by atoms with Crippen molar-refractivity contribution in [1.82, 2.24) is 19.7 Å². The number of piperazine rings is 1. The van der Waals surface area contributed by atoms with Crippen LogP contribution in [0.4, 0.5) is 0 Å². The topological polar surface area (TPSA) is 48.9 Å². The number of carbonyl (C=O) groups excluding carboxylic acids is 1. The van der Waals surface area contributed by atoms with Crippen molar-refractivity contribution in [3.05, 3.63) is 71.9 Å². The van der Waals surface area contributed by atoms with E-state index in [1.807, 2.05) is 12.3 Å². The summed E-state index contributed by atoms with van der Waals surface area (Å²) in [6.45, 7) is 6.95. The summed E-state index contributed by atoms with van der Waals surface area (Å²) in [6, 6.07) is 19.0. The zero-order valence-electron chi connectivity index (χ0n) is 20.7. The van der Waals surface area contributed by atoms with Crippen LogP contribution in [0.1, 0.15) is 30.4 Å². The predicted molar refractivity (Wildman–Crippen MR) is 139 cm³/mol. The summed E-state index contributed by atoms with van der Waals surface area (Å²) in [5, 5.41) is 1.18. The number of nitrogens with zero attached hydrogens (tertiary/aromatic N) is 4. The molecule has 1 amide bonds. The van der Waals surface area contributed by atoms with Gasteiger partial charge >= 0.3 is 0 Å². The van der Waals surface area contributed by atoms with Crippen LogP contribution in [-0.4, -0.2) is 72.0 Å². The lowest BCUT2D eigenvalue weighted by Gasteiger charge is -2.38. The highest BCUT2D eigenvalue weighted by atomic mass is 16.5. The number of carbonyl (C=O) groups is 1. The van der Waals surface area contributed by atoms with E-state index in [2.05, 4.69) is 75.3 Å². The van der Waals surface area contributed by atoms with Crippen molar-refractivity contribution >= 4 is 16.8 Å². The van der Waals surface area contributed by atoms with Crippen LogP contribution in [0, 0.1) is 5.92 Å². The molecule has 5 rings (SSSR count). The van der Waals surface area contributed by atoms with Gasteiger partial charge < -0.3 is 9.64 Å². The summed E-state index contributed by atoms with van der Waals surface area (Å²) in [4.78, 5) is 23.6. The monoisotopic (exact) mass is 472 g/mol. The van der Waals surface area contributed by atoms with Gasteiger partial charge in [-0.25, -0.2) is 0 Å². The number of pyridine rings is 1. The van der Waals surface area contributed by atoms with Crippen molar-refractivity contribution in [2.24, 2.45) is 5.92 Å². The Bertz CT molecular complexity index is 1120. The van der Waals surface area contributed by atoms with Gasteiger partial charge in [0, 0.05) is 63.3 Å². The maximum atomic E-state index is 12.4. The summed E-state index contributed by atoms with van der Waals surface area (Å²) < 4.78 is 6.00. The van der Waals surface area contributed by atoms with Crippen molar-refractivity contribution < 1.29 is 9.53 Å². The third-order valence-corrected chi connectivity index (χ3v) is 7.31. The van der Waals surface area contributed by atoms with Crippen LogP contribution in [-0.2, 0) is 17.9 Å². The predicted octanol–water partition coefficient (Wildman–Crippen LogP) is 4.19. The first-order chi connectivity index (χ1) is 17.1. The molecule has 2 aromatic carbocycles. The Labute approximate surface area is 208 Å². The third kappa shape index (κ3) is 6.19. The smallest absolute Gasteiger partial charge is 0.225 e. The summed E-state index contributed by atoms with van der Waals surface area (Å²) in [5.74, 6) is 1.61. The zero-order valence-corrected chi connectivity index (χ0v) is 20.7. The fraction of sp³-hybridized carbons (Fsp3) is 0.448. The van der Waals surface area contributed by atoms with Gasteiger partial charge in [-0.15, -0.1) is 0 Å². The van der Waals surface area contributed by atoms with Crippen LogP contribution in [0.15, 0.2) is 60.8 Å². The molecule has 0 unspecified atom stereocenters. The van der Waals surface area contributed by atoms with Crippen molar-refractivity contribution in [2.45, 2.75) is 32.4 Å². The van der Waals surface area contributed by atoms with Gasteiger partial charge in [-0.2, -0.15) is 0 Å². The molecule has 1 saturated heterocycles. The molecule has 6 heteroatoms. The first kappa shape index (κ1) is 23.8. The second kappa shape index (κ2) is 11.2. The van der Waals surface area contributed by atoms with E-state index in [1.54, 1.807) is 0 Å². The van der Waals surface area contributed by atoms with E-state index in [-0.39, 0.29) is 0 Å². The number of hydrogen-bond donors (Lipinski definition) is 0. The van der Waals surface area contributed by atoms with E-state index in [4.69, 9.17) is 4.74 Å². The van der Waals surface area contributed by atoms with E-state index in [9.17, 15) is 4.79 Å². The minimum Gasteiger partial charge on any atom is -0.492 e. The fourth-order valence-electron chi connectivity index (χ4n) is 4.99. The van der Waals surface area contributed by atoms with Gasteiger partial charge in [0.05, 0.1) is 5.52 Å². The maximum absolute atomic E-state index is 12.4. The Morgan fingerprint density at radius 3 is 2.49 bits per heavy atom. The summed E-state index contributed by atoms with van der Waals surface area (Å²) in [7, 11) is 2.15. The minimum atomic E-state index is 0.309. The molecule has 1 aliphatic carbocycles. The average Bonchev–Trinajstić information content (AvgIpc) is 2.84. The molecule has 1 aromatic heterocycles. The molecule has 0 spiro atoms. The molecule has 0 bridgehead atoms. The van der Waals surface area contributed by atoms with Crippen LogP contribution in [0.3, 0.4) is 0 Å². The second-order valence-corrected chi connectivity index (χ2v) is 9.99. The number of hydrogen-bond acceptors (Lipinski definition) is 5. The molecule has 184 valence electrons. The first-order valence-corrected chi connectivity index (χ1v) is 12.9. The SMILES string of the molecule is CN(Cc1ccc(OCCN2CCN(C(=O)C3CCC3)CC2)cc1)Cc1ccc2ncccc2c1. The molecule has 6 nitrogen and oxygen atoms in total. The molecule has 1 saturated carbocycles. The summed E-state index contributed by atoms with van der Waals surface area (Å²) >= 11 is 0. The molecule has 0 atom stereocenters. The van der Waals surface area contributed by atoms with E-state index in [1.165, 1.54) is 22.9 Å².